The van der Waals surface area contributed by atoms with Crippen LogP contribution < -0.4 is 15.8 Å². The fraction of sp³-hybridized carbons (Fsp3) is 0.562. The highest BCUT2D eigenvalue weighted by Gasteiger charge is 2.60. The summed E-state index contributed by atoms with van der Waals surface area (Å²) in [6.45, 7) is 8.39. The minimum Gasteiger partial charge on any atom is -0.484 e. The van der Waals surface area contributed by atoms with E-state index in [0.717, 1.165) is 0 Å². The lowest BCUT2D eigenvalue weighted by Gasteiger charge is -2.62. The Morgan fingerprint density at radius 1 is 1.20 bits per heavy atom. The molecule has 4 nitrogen and oxygen atoms in total. The van der Waals surface area contributed by atoms with Gasteiger partial charge in [0.05, 0.1) is 0 Å². The SMILES string of the molecule is CC1(C)C(N)C(C)(C)C1NC(=O)COc1ccccc1. The third kappa shape index (κ3) is 2.52. The summed E-state index contributed by atoms with van der Waals surface area (Å²) in [6, 6.07) is 9.48. The molecule has 110 valence electrons. The number of ether oxygens (including phenoxy) is 1. The van der Waals surface area contributed by atoms with Crippen molar-refractivity contribution >= 4 is 5.91 Å². The van der Waals surface area contributed by atoms with Crippen molar-refractivity contribution in [3.05, 3.63) is 30.3 Å². The van der Waals surface area contributed by atoms with Crippen molar-refractivity contribution in [1.29, 1.82) is 0 Å². The molecule has 0 saturated heterocycles. The summed E-state index contributed by atoms with van der Waals surface area (Å²) in [5.74, 6) is 0.596. The molecule has 0 aromatic heterocycles. The van der Waals surface area contributed by atoms with Crippen molar-refractivity contribution in [1.82, 2.24) is 5.32 Å². The number of hydrogen-bond donors (Lipinski definition) is 2. The fourth-order valence-electron chi connectivity index (χ4n) is 3.42. The largest absolute Gasteiger partial charge is 0.484 e. The molecule has 2 rings (SSSR count). The van der Waals surface area contributed by atoms with Gasteiger partial charge in [-0.25, -0.2) is 0 Å². The maximum Gasteiger partial charge on any atom is 0.258 e. The summed E-state index contributed by atoms with van der Waals surface area (Å²) < 4.78 is 5.46. The van der Waals surface area contributed by atoms with Crippen molar-refractivity contribution in [2.24, 2.45) is 16.6 Å². The molecular weight excluding hydrogens is 252 g/mol. The molecule has 0 heterocycles. The molecule has 1 saturated carbocycles. The number of hydrogen-bond acceptors (Lipinski definition) is 3. The van der Waals surface area contributed by atoms with E-state index in [4.69, 9.17) is 10.5 Å². The van der Waals surface area contributed by atoms with Crippen LogP contribution in [0.25, 0.3) is 0 Å². The number of carbonyl (C=O) groups is 1. The van der Waals surface area contributed by atoms with E-state index in [1.807, 2.05) is 30.3 Å². The first-order chi connectivity index (χ1) is 9.26. The molecule has 4 heteroatoms. The van der Waals surface area contributed by atoms with Gasteiger partial charge < -0.3 is 15.8 Å². The second kappa shape index (κ2) is 5.09. The van der Waals surface area contributed by atoms with E-state index in [1.165, 1.54) is 0 Å². The van der Waals surface area contributed by atoms with Gasteiger partial charge in [-0.15, -0.1) is 0 Å². The molecule has 1 aliphatic carbocycles. The molecule has 0 atom stereocenters. The van der Waals surface area contributed by atoms with E-state index in [1.54, 1.807) is 0 Å². The minimum atomic E-state index is -0.105. The van der Waals surface area contributed by atoms with E-state index in [2.05, 4.69) is 33.0 Å². The standard InChI is InChI=1S/C16H24N2O2/c1-15(2)13(17)16(3,4)14(15)18-12(19)10-20-11-8-6-5-7-9-11/h5-9,13-14H,10,17H2,1-4H3,(H,18,19). The second-order valence-electron chi connectivity index (χ2n) is 6.72. The lowest BCUT2D eigenvalue weighted by molar-refractivity contribution is -0.134. The summed E-state index contributed by atoms with van der Waals surface area (Å²) in [7, 11) is 0. The summed E-state index contributed by atoms with van der Waals surface area (Å²) >= 11 is 0. The summed E-state index contributed by atoms with van der Waals surface area (Å²) in [5.41, 5.74) is 6.00. The molecule has 1 aromatic rings. The van der Waals surface area contributed by atoms with Crippen LogP contribution in [0.5, 0.6) is 5.75 Å². The zero-order chi connectivity index (χ0) is 15.0. The van der Waals surface area contributed by atoms with E-state index < -0.39 is 0 Å². The van der Waals surface area contributed by atoms with Crippen LogP contribution in [0.4, 0.5) is 0 Å². The number of nitrogens with one attached hydrogen (secondary N) is 1. The van der Waals surface area contributed by atoms with Crippen LogP contribution >= 0.6 is 0 Å². The van der Waals surface area contributed by atoms with Crippen LogP contribution in [0.15, 0.2) is 30.3 Å². The Morgan fingerprint density at radius 3 is 2.30 bits per heavy atom. The highest BCUT2D eigenvalue weighted by atomic mass is 16.5. The van der Waals surface area contributed by atoms with Gasteiger partial charge in [-0.3, -0.25) is 4.79 Å². The number of nitrogens with two attached hydrogens (primary N) is 1. The van der Waals surface area contributed by atoms with Crippen LogP contribution in [-0.2, 0) is 4.79 Å². The van der Waals surface area contributed by atoms with Gasteiger partial charge in [0.1, 0.15) is 5.75 Å². The Hall–Kier alpha value is -1.55. The summed E-state index contributed by atoms with van der Waals surface area (Å²) in [6.07, 6.45) is 0. The molecule has 3 N–H and O–H groups in total. The highest BCUT2D eigenvalue weighted by molar-refractivity contribution is 5.78. The highest BCUT2D eigenvalue weighted by Crippen LogP contribution is 2.52. The molecule has 0 bridgehead atoms. The first-order valence-corrected chi connectivity index (χ1v) is 6.99. The lowest BCUT2D eigenvalue weighted by Crippen LogP contribution is -2.76. The quantitative estimate of drug-likeness (QED) is 0.883. The fourth-order valence-corrected chi connectivity index (χ4v) is 3.42. The summed E-state index contributed by atoms with van der Waals surface area (Å²) in [5, 5.41) is 3.05. The topological polar surface area (TPSA) is 64.3 Å². The van der Waals surface area contributed by atoms with Gasteiger partial charge in [-0.05, 0) is 12.1 Å². The molecule has 0 radical (unpaired) electrons. The van der Waals surface area contributed by atoms with E-state index in [0.29, 0.717) is 5.75 Å². The van der Waals surface area contributed by atoms with Crippen LogP contribution in [0.2, 0.25) is 0 Å². The van der Waals surface area contributed by atoms with E-state index >= 15 is 0 Å². The van der Waals surface area contributed by atoms with Gasteiger partial charge in [0.15, 0.2) is 6.61 Å². The molecule has 20 heavy (non-hydrogen) atoms. The van der Waals surface area contributed by atoms with Crippen molar-refractivity contribution in [3.8, 4) is 5.75 Å². The molecule has 1 aliphatic rings. The number of amides is 1. The number of carbonyl (C=O) groups excluding carboxylic acids is 1. The zero-order valence-electron chi connectivity index (χ0n) is 12.6. The third-order valence-electron chi connectivity index (χ3n) is 4.51. The lowest BCUT2D eigenvalue weighted by atomic mass is 9.48. The summed E-state index contributed by atoms with van der Waals surface area (Å²) in [4.78, 5) is 12.0. The maximum atomic E-state index is 12.0. The van der Waals surface area contributed by atoms with Gasteiger partial charge in [0.2, 0.25) is 0 Å². The molecule has 1 fully saturated rings. The van der Waals surface area contributed by atoms with Crippen molar-refractivity contribution < 1.29 is 9.53 Å². The number of rotatable bonds is 4. The first kappa shape index (κ1) is 14.9. The molecular formula is C16H24N2O2. The number of benzene rings is 1. The van der Waals surface area contributed by atoms with Crippen LogP contribution in [0.3, 0.4) is 0 Å². The molecule has 0 unspecified atom stereocenters. The van der Waals surface area contributed by atoms with Crippen molar-refractivity contribution in [3.63, 3.8) is 0 Å². The molecule has 1 amide bonds. The third-order valence-corrected chi connectivity index (χ3v) is 4.51. The van der Waals surface area contributed by atoms with Gasteiger partial charge in [-0.1, -0.05) is 45.9 Å². The van der Waals surface area contributed by atoms with E-state index in [9.17, 15) is 4.79 Å². The predicted octanol–water partition coefficient (Wildman–Crippen LogP) is 1.94. The van der Waals surface area contributed by atoms with Gasteiger partial charge in [-0.2, -0.15) is 0 Å². The average Bonchev–Trinajstić information content (AvgIpc) is 2.42. The Labute approximate surface area is 120 Å². The Bertz CT molecular complexity index is 467. The number of para-hydroxylation sites is 1. The van der Waals surface area contributed by atoms with Crippen molar-refractivity contribution in [2.75, 3.05) is 6.61 Å². The van der Waals surface area contributed by atoms with Crippen LogP contribution in [-0.4, -0.2) is 24.6 Å². The Morgan fingerprint density at radius 2 is 1.75 bits per heavy atom. The second-order valence-corrected chi connectivity index (χ2v) is 6.72. The van der Waals surface area contributed by atoms with Crippen LogP contribution in [0, 0.1) is 10.8 Å². The normalized spacial score (nSPS) is 26.4. The van der Waals surface area contributed by atoms with Gasteiger partial charge in [0.25, 0.3) is 5.91 Å². The Kier molecular flexibility index (Phi) is 3.78. The van der Waals surface area contributed by atoms with Gasteiger partial charge in [0, 0.05) is 22.9 Å². The maximum absolute atomic E-state index is 12.0. The van der Waals surface area contributed by atoms with Crippen molar-refractivity contribution in [2.45, 2.75) is 39.8 Å². The van der Waals surface area contributed by atoms with Gasteiger partial charge >= 0.3 is 0 Å². The Balaban J connectivity index is 1.89. The monoisotopic (exact) mass is 276 g/mol. The molecule has 0 aliphatic heterocycles. The molecule has 0 spiro atoms. The smallest absolute Gasteiger partial charge is 0.258 e. The van der Waals surface area contributed by atoms with Crippen LogP contribution in [0.1, 0.15) is 27.7 Å². The zero-order valence-corrected chi connectivity index (χ0v) is 12.6. The predicted molar refractivity (Wildman–Crippen MR) is 79.4 cm³/mol. The average molecular weight is 276 g/mol. The van der Waals surface area contributed by atoms with E-state index in [-0.39, 0.29) is 35.4 Å². The first-order valence-electron chi connectivity index (χ1n) is 6.99. The minimum absolute atomic E-state index is 0.0297. The molecule has 1 aromatic carbocycles.